The topological polar surface area (TPSA) is 115 Å². The molecule has 2 heterocycles. The van der Waals surface area contributed by atoms with E-state index in [9.17, 15) is 23.2 Å². The average Bonchev–Trinajstić information content (AvgIpc) is 3.38. The number of nitrogens with zero attached hydrogens (tertiary/aromatic N) is 3. The van der Waals surface area contributed by atoms with Crippen LogP contribution in [0.3, 0.4) is 0 Å². The second kappa shape index (κ2) is 15.5. The molecule has 1 aromatic heterocycles. The molecule has 0 fully saturated rings. The number of fused-ring (bicyclic) bond motifs is 1. The molecule has 1 aliphatic heterocycles. The first-order valence-electron chi connectivity index (χ1n) is 14.9. The summed E-state index contributed by atoms with van der Waals surface area (Å²) in [6.07, 6.45) is -1.29. The third kappa shape index (κ3) is 9.26. The highest BCUT2D eigenvalue weighted by Gasteiger charge is 2.34. The number of carbonyl (C=O) groups excluding carboxylic acids is 3. The van der Waals surface area contributed by atoms with Crippen molar-refractivity contribution in [1.29, 1.82) is 0 Å². The molecule has 3 aromatic carbocycles. The molecule has 1 atom stereocenters. The minimum Gasteiger partial charge on any atom is -0.461 e. The molecule has 0 spiro atoms. The molecule has 5 rings (SSSR count). The molecule has 254 valence electrons. The molecule has 1 aliphatic rings. The van der Waals surface area contributed by atoms with Gasteiger partial charge < -0.3 is 29.6 Å². The number of hydrogen-bond donors (Lipinski definition) is 2. The van der Waals surface area contributed by atoms with Crippen LogP contribution in [-0.2, 0) is 38.8 Å². The van der Waals surface area contributed by atoms with Gasteiger partial charge in [-0.05, 0) is 56.7 Å². The van der Waals surface area contributed by atoms with Crippen LogP contribution < -0.4 is 10.6 Å². The van der Waals surface area contributed by atoms with Gasteiger partial charge in [0.2, 0.25) is 5.91 Å². The van der Waals surface area contributed by atoms with Gasteiger partial charge in [0.15, 0.2) is 0 Å². The Morgan fingerprint density at radius 3 is 2.44 bits per heavy atom. The van der Waals surface area contributed by atoms with Crippen molar-refractivity contribution < 1.29 is 32.6 Å². The quantitative estimate of drug-likeness (QED) is 0.187. The summed E-state index contributed by atoms with van der Waals surface area (Å²) in [5.74, 6) is -1.40. The van der Waals surface area contributed by atoms with Crippen molar-refractivity contribution in [3.63, 3.8) is 0 Å². The Morgan fingerprint density at radius 2 is 1.75 bits per heavy atom. The predicted octanol–water partition coefficient (Wildman–Crippen LogP) is 6.71. The zero-order valence-corrected chi connectivity index (χ0v) is 28.3. The molecule has 4 aromatic rings. The summed E-state index contributed by atoms with van der Waals surface area (Å²) >= 11 is 5.87. The summed E-state index contributed by atoms with van der Waals surface area (Å²) in [6.45, 7) is 5.49. The highest BCUT2D eigenvalue weighted by atomic mass is 35.5. The van der Waals surface area contributed by atoms with Gasteiger partial charge in [0, 0.05) is 24.3 Å². The van der Waals surface area contributed by atoms with Crippen LogP contribution in [0.4, 0.5) is 25.1 Å². The van der Waals surface area contributed by atoms with E-state index in [1.165, 1.54) is 29.2 Å². The van der Waals surface area contributed by atoms with Crippen molar-refractivity contribution in [2.24, 2.45) is 0 Å². The molecule has 0 unspecified atom stereocenters. The van der Waals surface area contributed by atoms with Crippen molar-refractivity contribution in [1.82, 2.24) is 19.8 Å². The maximum Gasteiger partial charge on any atom is 0.408 e. The third-order valence-corrected chi connectivity index (χ3v) is 7.47. The Bertz CT molecular complexity index is 1780. The number of ether oxygens (including phenoxy) is 2. The van der Waals surface area contributed by atoms with Gasteiger partial charge >= 0.3 is 12.1 Å². The first-order valence-corrected chi connectivity index (χ1v) is 15.3. The van der Waals surface area contributed by atoms with Crippen molar-refractivity contribution in [2.75, 3.05) is 11.9 Å². The van der Waals surface area contributed by atoms with E-state index in [4.69, 9.17) is 26.1 Å². The molecular formula is C34H36ClF2N5O5S. The monoisotopic (exact) mass is 699 g/mol. The summed E-state index contributed by atoms with van der Waals surface area (Å²) in [6, 6.07) is 17.9. The van der Waals surface area contributed by atoms with Gasteiger partial charge in [-0.3, -0.25) is 9.59 Å². The zero-order valence-electron chi connectivity index (χ0n) is 26.6. The number of alkyl carbamates (subject to hydrolysis) is 1. The van der Waals surface area contributed by atoms with E-state index in [0.29, 0.717) is 28.6 Å². The van der Waals surface area contributed by atoms with Gasteiger partial charge in [-0.25, -0.2) is 18.6 Å². The van der Waals surface area contributed by atoms with E-state index in [1.807, 2.05) is 22.8 Å². The summed E-state index contributed by atoms with van der Waals surface area (Å²) in [7, 11) is 0. The van der Waals surface area contributed by atoms with Gasteiger partial charge in [-0.2, -0.15) is 13.5 Å². The largest absolute Gasteiger partial charge is 0.461 e. The van der Waals surface area contributed by atoms with E-state index in [1.54, 1.807) is 51.1 Å². The summed E-state index contributed by atoms with van der Waals surface area (Å²) in [5, 5.41) is 5.67. The minimum atomic E-state index is -1.29. The minimum absolute atomic E-state index is 0. The Morgan fingerprint density at radius 1 is 1.00 bits per heavy atom. The second-order valence-corrected chi connectivity index (χ2v) is 12.4. The standard InChI is InChI=1S/C34H34ClF2N5O5.H2S/c1-34(2,3)47-33(45)39-27(18-29(43)46-20-21-8-5-4-6-9-21)32(44)41-14-15-42-28(19-41)40-30(22-10-7-11-23(36)16-22)31(42)38-24-12-13-25(35)26(37)17-24;/h4-13,16-17,27,38H,14-15,18-20H2,1-3H3,(H,39,45);1H2/t27-;/m0./s1. The van der Waals surface area contributed by atoms with E-state index >= 15 is 0 Å². The van der Waals surface area contributed by atoms with Gasteiger partial charge in [0.05, 0.1) is 18.0 Å². The van der Waals surface area contributed by atoms with Gasteiger partial charge in [-0.1, -0.05) is 54.1 Å². The van der Waals surface area contributed by atoms with E-state index < -0.39 is 47.7 Å². The molecule has 2 amide bonds. The lowest BCUT2D eigenvalue weighted by Gasteiger charge is -2.32. The molecular weight excluding hydrogens is 664 g/mol. The molecule has 48 heavy (non-hydrogen) atoms. The molecule has 2 N–H and O–H groups in total. The van der Waals surface area contributed by atoms with Crippen LogP contribution in [-0.4, -0.2) is 50.6 Å². The van der Waals surface area contributed by atoms with Gasteiger partial charge in [-0.15, -0.1) is 0 Å². The first-order chi connectivity index (χ1) is 22.4. The molecule has 0 saturated heterocycles. The number of amides is 2. The van der Waals surface area contributed by atoms with Crippen molar-refractivity contribution in [2.45, 2.75) is 58.5 Å². The lowest BCUT2D eigenvalue weighted by Crippen LogP contribution is -2.52. The number of esters is 1. The van der Waals surface area contributed by atoms with E-state index in [0.717, 1.165) is 5.56 Å². The molecule has 0 aliphatic carbocycles. The molecule has 0 radical (unpaired) electrons. The number of aromatic nitrogens is 2. The fraction of sp³-hybridized carbons (Fsp3) is 0.294. The fourth-order valence-corrected chi connectivity index (χ4v) is 5.15. The molecule has 14 heteroatoms. The summed E-state index contributed by atoms with van der Waals surface area (Å²) < 4.78 is 41.1. The lowest BCUT2D eigenvalue weighted by atomic mass is 10.1. The number of anilines is 2. The molecule has 0 bridgehead atoms. The number of rotatable bonds is 9. The number of imidazole rings is 1. The first kappa shape index (κ1) is 36.2. The van der Waals surface area contributed by atoms with Crippen LogP contribution >= 0.6 is 25.1 Å². The average molecular weight is 700 g/mol. The Balaban J connectivity index is 0.00000520. The van der Waals surface area contributed by atoms with Crippen LogP contribution in [0.1, 0.15) is 38.6 Å². The van der Waals surface area contributed by atoms with Crippen LogP contribution in [0.15, 0.2) is 72.8 Å². The van der Waals surface area contributed by atoms with Crippen molar-refractivity contribution in [3.05, 3.63) is 101 Å². The lowest BCUT2D eigenvalue weighted by molar-refractivity contribution is -0.148. The highest BCUT2D eigenvalue weighted by Crippen LogP contribution is 2.34. The second-order valence-electron chi connectivity index (χ2n) is 12.0. The predicted molar refractivity (Wildman–Crippen MR) is 182 cm³/mol. The fourth-order valence-electron chi connectivity index (χ4n) is 5.03. The molecule has 0 saturated carbocycles. The number of carbonyl (C=O) groups is 3. The maximum atomic E-state index is 14.3. The summed E-state index contributed by atoms with van der Waals surface area (Å²) in [5.41, 5.74) is 1.17. The Kier molecular flexibility index (Phi) is 11.7. The maximum absolute atomic E-state index is 14.3. The van der Waals surface area contributed by atoms with Crippen LogP contribution in [0.25, 0.3) is 11.3 Å². The highest BCUT2D eigenvalue weighted by molar-refractivity contribution is 7.59. The number of halogens is 3. The number of benzene rings is 3. The Labute approximate surface area is 288 Å². The molecule has 10 nitrogen and oxygen atoms in total. The van der Waals surface area contributed by atoms with Crippen molar-refractivity contribution >= 4 is 54.6 Å². The Hall–Kier alpha value is -4.62. The van der Waals surface area contributed by atoms with E-state index in [-0.39, 0.29) is 44.8 Å². The summed E-state index contributed by atoms with van der Waals surface area (Å²) in [4.78, 5) is 45.7. The van der Waals surface area contributed by atoms with Crippen LogP contribution in [0, 0.1) is 11.6 Å². The smallest absolute Gasteiger partial charge is 0.408 e. The third-order valence-electron chi connectivity index (χ3n) is 7.17. The van der Waals surface area contributed by atoms with Crippen LogP contribution in [0.2, 0.25) is 5.02 Å². The SMILES string of the molecule is CC(C)(C)OC(=O)N[C@@H](CC(=O)OCc1ccccc1)C(=O)N1CCn2c(nc(-c3cccc(F)c3)c2Nc2ccc(Cl)c(F)c2)C1.S. The van der Waals surface area contributed by atoms with Gasteiger partial charge in [0.25, 0.3) is 0 Å². The normalized spacial score (nSPS) is 13.1. The van der Waals surface area contributed by atoms with Crippen LogP contribution in [0.5, 0.6) is 0 Å². The number of hydrogen-bond acceptors (Lipinski definition) is 7. The number of nitrogens with one attached hydrogen (secondary N) is 2. The van der Waals surface area contributed by atoms with Crippen molar-refractivity contribution in [3.8, 4) is 11.3 Å². The van der Waals surface area contributed by atoms with Gasteiger partial charge in [0.1, 0.15) is 47.2 Å². The zero-order chi connectivity index (χ0) is 33.7. The van der Waals surface area contributed by atoms with E-state index in [2.05, 4.69) is 10.6 Å².